The molecule has 2 heterocycles. The van der Waals surface area contributed by atoms with E-state index in [2.05, 4.69) is 10.0 Å². The van der Waals surface area contributed by atoms with E-state index < -0.39 is 10.0 Å². The molecule has 2 aliphatic heterocycles. The fourth-order valence-electron chi connectivity index (χ4n) is 3.66. The molecule has 25 heavy (non-hydrogen) atoms. The monoisotopic (exact) mass is 365 g/mol. The van der Waals surface area contributed by atoms with E-state index in [0.717, 1.165) is 44.6 Å². The third kappa shape index (κ3) is 4.59. The highest BCUT2D eigenvalue weighted by Gasteiger charge is 2.31. The largest absolute Gasteiger partial charge is 0.339 e. The van der Waals surface area contributed by atoms with Crippen molar-refractivity contribution < 1.29 is 13.2 Å². The first kappa shape index (κ1) is 18.4. The van der Waals surface area contributed by atoms with Crippen LogP contribution in [0.3, 0.4) is 0 Å². The molecule has 0 aliphatic carbocycles. The van der Waals surface area contributed by atoms with E-state index in [1.165, 1.54) is 0 Å². The van der Waals surface area contributed by atoms with Crippen LogP contribution in [0.25, 0.3) is 0 Å². The van der Waals surface area contributed by atoms with Gasteiger partial charge in [0.15, 0.2) is 0 Å². The second-order valence-electron chi connectivity index (χ2n) is 6.97. The number of nitrogens with zero attached hydrogens (tertiary/aromatic N) is 1. The summed E-state index contributed by atoms with van der Waals surface area (Å²) in [7, 11) is -3.20. The fraction of sp³-hybridized carbons (Fsp3) is 0.611. The summed E-state index contributed by atoms with van der Waals surface area (Å²) in [5, 5.41) is 3.45. The first-order valence-corrected chi connectivity index (χ1v) is 10.7. The van der Waals surface area contributed by atoms with Crippen LogP contribution in [0.15, 0.2) is 24.3 Å². The average molecular weight is 365 g/mol. The smallest absolute Gasteiger partial charge is 0.253 e. The molecule has 6 nitrogen and oxygen atoms in total. The van der Waals surface area contributed by atoms with E-state index in [1.54, 1.807) is 19.1 Å². The second-order valence-corrected chi connectivity index (χ2v) is 9.06. The van der Waals surface area contributed by atoms with Gasteiger partial charge in [-0.1, -0.05) is 12.1 Å². The predicted molar refractivity (Wildman–Crippen MR) is 97.7 cm³/mol. The first-order valence-electron chi connectivity index (χ1n) is 9.05. The number of sulfonamides is 1. The van der Waals surface area contributed by atoms with Crippen molar-refractivity contribution in [3.8, 4) is 0 Å². The Bertz CT molecular complexity index is 689. The van der Waals surface area contributed by atoms with Gasteiger partial charge in [-0.05, 0) is 62.4 Å². The lowest BCUT2D eigenvalue weighted by atomic mass is 9.92. The van der Waals surface area contributed by atoms with E-state index in [1.807, 2.05) is 17.0 Å². The minimum absolute atomic E-state index is 0.0655. The molecule has 2 fully saturated rings. The van der Waals surface area contributed by atoms with Crippen LogP contribution in [0, 0.1) is 11.8 Å². The molecule has 0 aromatic heterocycles. The molecular weight excluding hydrogens is 338 g/mol. The van der Waals surface area contributed by atoms with E-state index >= 15 is 0 Å². The van der Waals surface area contributed by atoms with Crippen LogP contribution in [0.2, 0.25) is 0 Å². The van der Waals surface area contributed by atoms with E-state index in [4.69, 9.17) is 0 Å². The van der Waals surface area contributed by atoms with Crippen LogP contribution in [0.4, 0.5) is 0 Å². The van der Waals surface area contributed by atoms with Crippen LogP contribution >= 0.6 is 0 Å². The van der Waals surface area contributed by atoms with Gasteiger partial charge in [-0.2, -0.15) is 0 Å². The maximum Gasteiger partial charge on any atom is 0.253 e. The molecule has 0 unspecified atom stereocenters. The summed E-state index contributed by atoms with van der Waals surface area (Å²) in [5.41, 5.74) is 1.53. The van der Waals surface area contributed by atoms with Crippen LogP contribution < -0.4 is 10.0 Å². The van der Waals surface area contributed by atoms with Crippen molar-refractivity contribution in [1.29, 1.82) is 0 Å². The molecule has 2 saturated heterocycles. The lowest BCUT2D eigenvalue weighted by Gasteiger charge is -2.21. The maximum absolute atomic E-state index is 12.7. The minimum atomic E-state index is -3.20. The molecule has 0 radical (unpaired) electrons. The quantitative estimate of drug-likeness (QED) is 0.822. The van der Waals surface area contributed by atoms with Crippen molar-refractivity contribution in [1.82, 2.24) is 14.9 Å². The highest BCUT2D eigenvalue weighted by Crippen LogP contribution is 2.27. The maximum atomic E-state index is 12.7. The summed E-state index contributed by atoms with van der Waals surface area (Å²) in [5.74, 6) is 1.54. The van der Waals surface area contributed by atoms with Gasteiger partial charge in [-0.25, -0.2) is 13.1 Å². The number of likely N-dealkylation sites (tertiary alicyclic amines) is 1. The van der Waals surface area contributed by atoms with Gasteiger partial charge in [0.1, 0.15) is 0 Å². The van der Waals surface area contributed by atoms with Gasteiger partial charge >= 0.3 is 0 Å². The second kappa shape index (κ2) is 7.85. The topological polar surface area (TPSA) is 78.5 Å². The number of rotatable bonds is 5. The van der Waals surface area contributed by atoms with Crippen LogP contribution in [0.5, 0.6) is 0 Å². The highest BCUT2D eigenvalue weighted by molar-refractivity contribution is 7.89. The van der Waals surface area contributed by atoms with Crippen molar-refractivity contribution in [3.63, 3.8) is 0 Å². The average Bonchev–Trinajstić information content (AvgIpc) is 2.98. The summed E-state index contributed by atoms with van der Waals surface area (Å²) in [6.45, 7) is 5.66. The van der Waals surface area contributed by atoms with Gasteiger partial charge in [0.2, 0.25) is 10.0 Å². The summed E-state index contributed by atoms with van der Waals surface area (Å²) in [6, 6.07) is 7.24. The zero-order chi connectivity index (χ0) is 17.9. The molecule has 0 bridgehead atoms. The van der Waals surface area contributed by atoms with Crippen LogP contribution in [0.1, 0.15) is 35.7 Å². The van der Waals surface area contributed by atoms with E-state index in [0.29, 0.717) is 17.4 Å². The van der Waals surface area contributed by atoms with Gasteiger partial charge in [0.25, 0.3) is 5.91 Å². The number of carbonyl (C=O) groups is 1. The van der Waals surface area contributed by atoms with Gasteiger partial charge in [0.05, 0.1) is 5.75 Å². The molecule has 0 saturated carbocycles. The predicted octanol–water partition coefficient (Wildman–Crippen LogP) is 1.20. The van der Waals surface area contributed by atoms with Crippen molar-refractivity contribution >= 4 is 15.9 Å². The van der Waals surface area contributed by atoms with Gasteiger partial charge in [0, 0.05) is 25.2 Å². The first-order chi connectivity index (χ1) is 12.0. The molecule has 1 amide bonds. The zero-order valence-electron chi connectivity index (χ0n) is 14.7. The Kier molecular flexibility index (Phi) is 5.76. The molecule has 2 N–H and O–H groups in total. The summed E-state index contributed by atoms with van der Waals surface area (Å²) >= 11 is 0. The number of benzene rings is 1. The Balaban J connectivity index is 1.59. The number of fused-ring (bicyclic) bond motifs is 1. The molecule has 2 aliphatic rings. The van der Waals surface area contributed by atoms with Crippen molar-refractivity contribution in [2.45, 2.75) is 26.3 Å². The normalized spacial score (nSPS) is 24.0. The Labute approximate surface area is 150 Å². The third-order valence-corrected chi connectivity index (χ3v) is 6.73. The van der Waals surface area contributed by atoms with E-state index in [9.17, 15) is 13.2 Å². The van der Waals surface area contributed by atoms with Crippen LogP contribution in [-0.2, 0) is 16.6 Å². The molecule has 7 heteroatoms. The number of hydrogen-bond donors (Lipinski definition) is 2. The lowest BCUT2D eigenvalue weighted by molar-refractivity contribution is 0.0758. The van der Waals surface area contributed by atoms with Gasteiger partial charge in [-0.3, -0.25) is 4.79 Å². The number of amides is 1. The molecule has 1 aromatic rings. The highest BCUT2D eigenvalue weighted by atomic mass is 32.2. The number of carbonyl (C=O) groups excluding carboxylic acids is 1. The molecule has 138 valence electrons. The third-order valence-electron chi connectivity index (χ3n) is 5.38. The molecule has 3 rings (SSSR count). The zero-order valence-corrected chi connectivity index (χ0v) is 15.5. The summed E-state index contributed by atoms with van der Waals surface area (Å²) in [4.78, 5) is 14.7. The summed E-state index contributed by atoms with van der Waals surface area (Å²) in [6.07, 6.45) is 2.14. The van der Waals surface area contributed by atoms with Crippen molar-refractivity contribution in [2.24, 2.45) is 11.8 Å². The molecule has 0 spiro atoms. The Morgan fingerprint density at radius 3 is 2.32 bits per heavy atom. The molecular formula is C18H27N3O3S. The fourth-order valence-corrected chi connectivity index (χ4v) is 4.26. The SMILES string of the molecule is CCS(=O)(=O)NCc1ccc(C(=O)N2CC[C@@H]3CNC[C@@H]3CC2)cc1. The van der Waals surface area contributed by atoms with E-state index in [-0.39, 0.29) is 18.2 Å². The van der Waals surface area contributed by atoms with Gasteiger partial charge < -0.3 is 10.2 Å². The Hall–Kier alpha value is -1.44. The van der Waals surface area contributed by atoms with Crippen molar-refractivity contribution in [2.75, 3.05) is 31.9 Å². The number of hydrogen-bond acceptors (Lipinski definition) is 4. The van der Waals surface area contributed by atoms with Crippen molar-refractivity contribution in [3.05, 3.63) is 35.4 Å². The molecule has 1 aromatic carbocycles. The summed E-state index contributed by atoms with van der Waals surface area (Å²) < 4.78 is 25.5. The Morgan fingerprint density at radius 1 is 1.16 bits per heavy atom. The molecule has 2 atom stereocenters. The van der Waals surface area contributed by atoms with Crippen LogP contribution in [-0.4, -0.2) is 51.2 Å². The minimum Gasteiger partial charge on any atom is -0.339 e. The standard InChI is InChI=1S/C18H27N3O3S/c1-2-25(23,24)20-11-14-3-5-15(6-4-14)18(22)21-9-7-16-12-19-13-17(16)8-10-21/h3-6,16-17,19-20H,2,7-13H2,1H3/t16-,17+. The Morgan fingerprint density at radius 2 is 1.76 bits per heavy atom. The number of nitrogens with one attached hydrogen (secondary N) is 2. The van der Waals surface area contributed by atoms with Gasteiger partial charge in [-0.15, -0.1) is 0 Å². The lowest BCUT2D eigenvalue weighted by Crippen LogP contribution is -2.32.